The first-order chi connectivity index (χ1) is 29.5. The standard InChI is InChI=1S/C47H62N4O9S/c1-6-24-51(61(55,56)38-21-18-35(19-22-38)49-33(5)54)44-30-42(50-59-8-3)40-28-34(15-9-11-25-52)39(17-10-12-26-53)45-41-29-37(57-31-36-16-13-14-32(4)48-36)20-23-43(41)60-47(44,46(40)45)58-27-7-2/h7,13-14,16,18-23,28-29,34,39,44-46,52-53H,2,6,8-12,15,17,24-27,30-31H2,1,3-5H3,(H,49,54)/t34-,39+,44-,45+,46+,47+/m0/s1. The molecule has 2 heterocycles. The third-order valence-electron chi connectivity index (χ3n) is 11.9. The van der Waals surface area contributed by atoms with E-state index in [1.165, 1.54) is 23.4 Å². The maximum atomic E-state index is 15.1. The number of oxime groups is 1. The van der Waals surface area contributed by atoms with Crippen LogP contribution < -0.4 is 14.8 Å². The van der Waals surface area contributed by atoms with Gasteiger partial charge >= 0.3 is 0 Å². The quantitative estimate of drug-likeness (QED) is 0.0518. The number of carbonyl (C=O) groups excluding carboxylic acids is 1. The highest BCUT2D eigenvalue weighted by Gasteiger charge is 2.66. The molecule has 330 valence electrons. The summed E-state index contributed by atoms with van der Waals surface area (Å²) in [4.78, 5) is 22.3. The normalized spacial score (nSPS) is 23.7. The number of nitrogens with zero attached hydrogens (tertiary/aromatic N) is 3. The smallest absolute Gasteiger partial charge is 0.243 e. The molecule has 2 aliphatic carbocycles. The molecule has 1 aliphatic heterocycles. The molecule has 1 saturated carbocycles. The molecule has 1 aromatic heterocycles. The summed E-state index contributed by atoms with van der Waals surface area (Å²) in [6.07, 6.45) is 8.99. The Hall–Kier alpha value is -4.60. The largest absolute Gasteiger partial charge is 0.487 e. The van der Waals surface area contributed by atoms with E-state index in [0.717, 1.165) is 48.2 Å². The molecule has 1 fully saturated rings. The summed E-state index contributed by atoms with van der Waals surface area (Å²) >= 11 is 0. The number of pyridine rings is 1. The fourth-order valence-corrected chi connectivity index (χ4v) is 11.1. The highest BCUT2D eigenvalue weighted by atomic mass is 32.2. The number of aliphatic hydroxyl groups excluding tert-OH is 2. The van der Waals surface area contributed by atoms with Gasteiger partial charge in [0.2, 0.25) is 21.7 Å². The predicted octanol–water partition coefficient (Wildman–Crippen LogP) is 7.68. The number of ether oxygens (including phenoxy) is 3. The maximum Gasteiger partial charge on any atom is 0.243 e. The number of fused-ring (bicyclic) bond motifs is 2. The summed E-state index contributed by atoms with van der Waals surface area (Å²) in [7, 11) is -4.22. The highest BCUT2D eigenvalue weighted by Crippen LogP contribution is 2.62. The number of unbranched alkanes of at least 4 members (excludes halogenated alkanes) is 2. The second kappa shape index (κ2) is 21.0. The summed E-state index contributed by atoms with van der Waals surface area (Å²) in [5, 5.41) is 27.3. The van der Waals surface area contributed by atoms with Crippen molar-refractivity contribution in [2.45, 2.75) is 108 Å². The van der Waals surface area contributed by atoms with Crippen molar-refractivity contribution < 1.29 is 42.5 Å². The van der Waals surface area contributed by atoms with Crippen LogP contribution >= 0.6 is 0 Å². The molecule has 2 aromatic carbocycles. The van der Waals surface area contributed by atoms with Gasteiger partial charge in [-0.3, -0.25) is 9.78 Å². The number of rotatable bonds is 22. The Balaban J connectivity index is 1.57. The monoisotopic (exact) mass is 858 g/mol. The number of aromatic nitrogens is 1. The van der Waals surface area contributed by atoms with E-state index in [1.54, 1.807) is 18.2 Å². The number of sulfonamides is 1. The topological polar surface area (TPSA) is 169 Å². The Morgan fingerprint density at radius 2 is 1.82 bits per heavy atom. The Labute approximate surface area is 360 Å². The summed E-state index contributed by atoms with van der Waals surface area (Å²) in [5.41, 5.74) is 4.61. The van der Waals surface area contributed by atoms with Crippen molar-refractivity contribution >= 4 is 27.3 Å². The Kier molecular flexibility index (Phi) is 15.8. The lowest BCUT2D eigenvalue weighted by atomic mass is 9.55. The molecule has 14 heteroatoms. The zero-order chi connectivity index (χ0) is 43.6. The van der Waals surface area contributed by atoms with Gasteiger partial charge in [-0.15, -0.1) is 6.58 Å². The first kappa shape index (κ1) is 45.9. The molecule has 0 radical (unpaired) electrons. The van der Waals surface area contributed by atoms with E-state index >= 15 is 8.42 Å². The molecule has 0 unspecified atom stereocenters. The van der Waals surface area contributed by atoms with E-state index in [0.29, 0.717) is 48.8 Å². The van der Waals surface area contributed by atoms with Crippen LogP contribution in [0, 0.1) is 24.7 Å². The minimum absolute atomic E-state index is 0.00619. The van der Waals surface area contributed by atoms with Gasteiger partial charge < -0.3 is 34.6 Å². The number of hydrogen-bond acceptors (Lipinski definition) is 11. The molecule has 0 spiro atoms. The number of amides is 1. The first-order valence-electron chi connectivity index (χ1n) is 21.7. The van der Waals surface area contributed by atoms with Crippen LogP contribution in [-0.4, -0.2) is 84.3 Å². The van der Waals surface area contributed by atoms with Gasteiger partial charge in [0.15, 0.2) is 0 Å². The summed E-state index contributed by atoms with van der Waals surface area (Å²) < 4.78 is 52.4. The zero-order valence-electron chi connectivity index (χ0n) is 35.9. The van der Waals surface area contributed by atoms with E-state index in [2.05, 4.69) is 23.0 Å². The van der Waals surface area contributed by atoms with Crippen LogP contribution in [0.4, 0.5) is 5.69 Å². The minimum Gasteiger partial charge on any atom is -0.487 e. The third kappa shape index (κ3) is 10.2. The molecule has 0 saturated heterocycles. The summed E-state index contributed by atoms with van der Waals surface area (Å²) in [6.45, 7) is 12.1. The van der Waals surface area contributed by atoms with Gasteiger partial charge in [0.1, 0.15) is 24.7 Å². The second-order valence-corrected chi connectivity index (χ2v) is 18.0. The van der Waals surface area contributed by atoms with Crippen LogP contribution in [0.15, 0.2) is 95.0 Å². The summed E-state index contributed by atoms with van der Waals surface area (Å²) in [6, 6.07) is 16.9. The third-order valence-corrected chi connectivity index (χ3v) is 13.8. The van der Waals surface area contributed by atoms with Gasteiger partial charge in [-0.05, 0) is 118 Å². The van der Waals surface area contributed by atoms with E-state index < -0.39 is 27.8 Å². The van der Waals surface area contributed by atoms with Crippen molar-refractivity contribution in [2.24, 2.45) is 22.9 Å². The van der Waals surface area contributed by atoms with Gasteiger partial charge in [0.05, 0.1) is 34.9 Å². The van der Waals surface area contributed by atoms with Crippen LogP contribution in [0.1, 0.15) is 95.0 Å². The van der Waals surface area contributed by atoms with Crippen LogP contribution in [0.5, 0.6) is 11.5 Å². The van der Waals surface area contributed by atoms with Crippen molar-refractivity contribution in [3.05, 3.63) is 102 Å². The van der Waals surface area contributed by atoms with Crippen molar-refractivity contribution in [1.82, 2.24) is 9.29 Å². The number of carbonyl (C=O) groups is 1. The number of aryl methyl sites for hydroxylation is 1. The molecule has 6 rings (SSSR count). The summed E-state index contributed by atoms with van der Waals surface area (Å²) in [5.74, 6) is -1.39. The number of benzene rings is 2. The number of allylic oxidation sites excluding steroid dienone is 1. The Morgan fingerprint density at radius 3 is 2.49 bits per heavy atom. The minimum atomic E-state index is -4.22. The van der Waals surface area contributed by atoms with Crippen LogP contribution in [0.2, 0.25) is 0 Å². The highest BCUT2D eigenvalue weighted by molar-refractivity contribution is 7.89. The maximum absolute atomic E-state index is 15.1. The molecule has 0 bridgehead atoms. The average molecular weight is 859 g/mol. The molecular weight excluding hydrogens is 797 g/mol. The van der Waals surface area contributed by atoms with E-state index in [4.69, 9.17) is 24.2 Å². The van der Waals surface area contributed by atoms with Gasteiger partial charge in [0, 0.05) is 56.0 Å². The number of nitrogens with one attached hydrogen (secondary N) is 1. The number of anilines is 1. The number of aliphatic hydroxyl groups is 2. The van der Waals surface area contributed by atoms with Gasteiger partial charge in [0.25, 0.3) is 0 Å². The van der Waals surface area contributed by atoms with Crippen molar-refractivity contribution in [1.29, 1.82) is 0 Å². The predicted molar refractivity (Wildman–Crippen MR) is 235 cm³/mol. The van der Waals surface area contributed by atoms with E-state index in [9.17, 15) is 15.0 Å². The van der Waals surface area contributed by atoms with Gasteiger partial charge in [-0.25, -0.2) is 8.42 Å². The SMILES string of the molecule is C=CCO[C@@]12Oc3ccc(OCc4cccc(C)n4)cc3[C@H]3[C@H](CCCCO)[C@@H](CCCCO)C=C(C(=NOCC)C[C@@H]1N(CCC)S(=O)(=O)c1ccc(NC(C)=O)cc1)[C@H]32. The molecule has 3 aromatic rings. The molecular formula is C47H62N4O9S. The lowest BCUT2D eigenvalue weighted by Gasteiger charge is -2.59. The van der Waals surface area contributed by atoms with E-state index in [1.807, 2.05) is 57.2 Å². The Morgan fingerprint density at radius 1 is 1.07 bits per heavy atom. The van der Waals surface area contributed by atoms with Gasteiger partial charge in [-0.1, -0.05) is 43.1 Å². The van der Waals surface area contributed by atoms with Crippen molar-refractivity contribution in [3.63, 3.8) is 0 Å². The number of hydrogen-bond donors (Lipinski definition) is 3. The fraction of sp³-hybridized carbons (Fsp3) is 0.511. The van der Waals surface area contributed by atoms with E-state index in [-0.39, 0.29) is 67.9 Å². The van der Waals surface area contributed by atoms with Crippen molar-refractivity contribution in [3.8, 4) is 11.5 Å². The molecule has 6 atom stereocenters. The zero-order valence-corrected chi connectivity index (χ0v) is 36.7. The molecule has 13 nitrogen and oxygen atoms in total. The molecule has 3 N–H and O–H groups in total. The van der Waals surface area contributed by atoms with Crippen LogP contribution in [-0.2, 0) is 31.0 Å². The lowest BCUT2D eigenvalue weighted by Crippen LogP contribution is -2.70. The second-order valence-electron chi connectivity index (χ2n) is 16.1. The Bertz CT molecular complexity index is 2140. The van der Waals surface area contributed by atoms with Crippen molar-refractivity contribution in [2.75, 3.05) is 38.3 Å². The van der Waals surface area contributed by atoms with Crippen LogP contribution in [0.25, 0.3) is 0 Å². The van der Waals surface area contributed by atoms with Gasteiger partial charge in [-0.2, -0.15) is 4.31 Å². The molecule has 1 amide bonds. The molecule has 3 aliphatic rings. The van der Waals surface area contributed by atoms with Crippen LogP contribution in [0.3, 0.4) is 0 Å². The first-order valence-corrected chi connectivity index (χ1v) is 23.1. The lowest BCUT2D eigenvalue weighted by molar-refractivity contribution is -0.251. The average Bonchev–Trinajstić information content (AvgIpc) is 3.24. The fourth-order valence-electron chi connectivity index (χ4n) is 9.41. The molecule has 61 heavy (non-hydrogen) atoms.